The van der Waals surface area contributed by atoms with Crippen molar-refractivity contribution in [3.05, 3.63) is 93.9 Å². The highest BCUT2D eigenvalue weighted by atomic mass is 16.2. The number of carbonyl (C=O) groups excluding carboxylic acids is 2. The first-order chi connectivity index (χ1) is 14.0. The fourth-order valence-corrected chi connectivity index (χ4v) is 3.05. The zero-order valence-corrected chi connectivity index (χ0v) is 16.4. The van der Waals surface area contributed by atoms with Crippen molar-refractivity contribution in [1.82, 2.24) is 4.57 Å². The Morgan fingerprint density at radius 2 is 1.72 bits per heavy atom. The molecule has 1 aromatic heterocycles. The molecule has 0 bridgehead atoms. The fourth-order valence-electron chi connectivity index (χ4n) is 3.05. The number of pyridine rings is 1. The monoisotopic (exact) mass is 389 g/mol. The van der Waals surface area contributed by atoms with Gasteiger partial charge >= 0.3 is 0 Å². The molecule has 0 saturated heterocycles. The molecule has 29 heavy (non-hydrogen) atoms. The molecule has 2 aromatic carbocycles. The van der Waals surface area contributed by atoms with Gasteiger partial charge in [-0.2, -0.15) is 0 Å². The highest BCUT2D eigenvalue weighted by Gasteiger charge is 2.12. The van der Waals surface area contributed by atoms with E-state index in [1.54, 1.807) is 18.3 Å². The molecule has 0 aliphatic carbocycles. The summed E-state index contributed by atoms with van der Waals surface area (Å²) in [6.07, 6.45) is 2.29. The van der Waals surface area contributed by atoms with Crippen molar-refractivity contribution in [2.45, 2.75) is 26.8 Å². The van der Waals surface area contributed by atoms with Gasteiger partial charge in [-0.25, -0.2) is 0 Å². The van der Waals surface area contributed by atoms with Crippen LogP contribution in [0.15, 0.2) is 71.7 Å². The van der Waals surface area contributed by atoms with Crippen molar-refractivity contribution in [2.24, 2.45) is 0 Å². The third kappa shape index (κ3) is 5.19. The van der Waals surface area contributed by atoms with Crippen molar-refractivity contribution in [3.63, 3.8) is 0 Å². The maximum atomic E-state index is 12.8. The minimum absolute atomic E-state index is 0.174. The fraction of sp³-hybridized carbons (Fsp3) is 0.174. The zero-order valence-electron chi connectivity index (χ0n) is 16.4. The second-order valence-corrected chi connectivity index (χ2v) is 6.73. The maximum absolute atomic E-state index is 12.8. The van der Waals surface area contributed by atoms with Gasteiger partial charge < -0.3 is 15.2 Å². The maximum Gasteiger partial charge on any atom is 0.257 e. The van der Waals surface area contributed by atoms with E-state index in [1.165, 1.54) is 23.6 Å². The first-order valence-corrected chi connectivity index (χ1v) is 9.42. The van der Waals surface area contributed by atoms with Crippen LogP contribution in [0.4, 0.5) is 11.4 Å². The number of benzene rings is 2. The molecule has 3 aromatic rings. The number of aryl methyl sites for hydroxylation is 1. The number of rotatable bonds is 6. The van der Waals surface area contributed by atoms with E-state index in [4.69, 9.17) is 0 Å². The number of nitrogens with zero attached hydrogens (tertiary/aromatic N) is 1. The van der Waals surface area contributed by atoms with Crippen LogP contribution in [0.1, 0.15) is 35.3 Å². The average Bonchev–Trinajstić information content (AvgIpc) is 2.70. The molecule has 0 fully saturated rings. The summed E-state index contributed by atoms with van der Waals surface area (Å²) >= 11 is 0. The smallest absolute Gasteiger partial charge is 0.257 e. The summed E-state index contributed by atoms with van der Waals surface area (Å²) in [5.74, 6) is -0.499. The summed E-state index contributed by atoms with van der Waals surface area (Å²) < 4.78 is 1.51. The largest absolute Gasteiger partial charge is 0.326 e. The summed E-state index contributed by atoms with van der Waals surface area (Å²) in [4.78, 5) is 36.3. The van der Waals surface area contributed by atoms with Crippen LogP contribution in [0.3, 0.4) is 0 Å². The Hall–Kier alpha value is -3.67. The van der Waals surface area contributed by atoms with Gasteiger partial charge in [0.15, 0.2) is 0 Å². The molecule has 0 unspecified atom stereocenters. The van der Waals surface area contributed by atoms with Crippen LogP contribution in [-0.4, -0.2) is 16.4 Å². The Kier molecular flexibility index (Phi) is 6.24. The molecule has 0 aliphatic heterocycles. The predicted octanol–water partition coefficient (Wildman–Crippen LogP) is 3.67. The molecule has 0 spiro atoms. The van der Waals surface area contributed by atoms with Gasteiger partial charge in [0, 0.05) is 30.6 Å². The van der Waals surface area contributed by atoms with Crippen LogP contribution in [0.2, 0.25) is 0 Å². The lowest BCUT2D eigenvalue weighted by atomic mass is 10.1. The first kappa shape index (κ1) is 20.1. The van der Waals surface area contributed by atoms with Crippen molar-refractivity contribution in [3.8, 4) is 0 Å². The summed E-state index contributed by atoms with van der Waals surface area (Å²) in [6, 6.07) is 17.9. The third-order valence-corrected chi connectivity index (χ3v) is 4.50. The molecular weight excluding hydrogens is 366 g/mol. The van der Waals surface area contributed by atoms with E-state index >= 15 is 0 Å². The van der Waals surface area contributed by atoms with E-state index in [0.29, 0.717) is 23.5 Å². The normalized spacial score (nSPS) is 10.4. The number of carbonyl (C=O) groups is 2. The van der Waals surface area contributed by atoms with Crippen molar-refractivity contribution < 1.29 is 9.59 Å². The van der Waals surface area contributed by atoms with Crippen molar-refractivity contribution in [2.75, 3.05) is 10.6 Å². The van der Waals surface area contributed by atoms with E-state index in [1.807, 2.05) is 43.3 Å². The highest BCUT2D eigenvalue weighted by molar-refractivity contribution is 6.05. The van der Waals surface area contributed by atoms with Crippen LogP contribution in [0, 0.1) is 0 Å². The van der Waals surface area contributed by atoms with Crippen molar-refractivity contribution >= 4 is 23.2 Å². The second-order valence-electron chi connectivity index (χ2n) is 6.73. The van der Waals surface area contributed by atoms with Crippen molar-refractivity contribution in [1.29, 1.82) is 0 Å². The number of anilines is 2. The molecule has 0 aliphatic rings. The Morgan fingerprint density at radius 3 is 2.41 bits per heavy atom. The SMILES string of the molecule is CCc1ccc(NC(C)=O)cc1NC(=O)c1ccc(=O)n(Cc2ccccc2)c1. The number of aromatic nitrogens is 1. The molecular formula is C23H23N3O3. The average molecular weight is 389 g/mol. The van der Waals surface area contributed by atoms with E-state index < -0.39 is 0 Å². The van der Waals surface area contributed by atoms with Gasteiger partial charge in [0.05, 0.1) is 12.1 Å². The van der Waals surface area contributed by atoms with Gasteiger partial charge in [0.2, 0.25) is 5.91 Å². The summed E-state index contributed by atoms with van der Waals surface area (Å²) in [7, 11) is 0. The number of hydrogen-bond donors (Lipinski definition) is 2. The Balaban J connectivity index is 1.85. The van der Waals surface area contributed by atoms with Gasteiger partial charge in [-0.3, -0.25) is 14.4 Å². The van der Waals surface area contributed by atoms with Crippen LogP contribution in [0.5, 0.6) is 0 Å². The van der Waals surface area contributed by atoms with Crippen LogP contribution in [0.25, 0.3) is 0 Å². The Labute approximate surface area is 169 Å². The first-order valence-electron chi connectivity index (χ1n) is 9.42. The Bertz CT molecular complexity index is 1090. The lowest BCUT2D eigenvalue weighted by molar-refractivity contribution is -0.114. The van der Waals surface area contributed by atoms with Gasteiger partial charge in [0.1, 0.15) is 0 Å². The molecule has 6 nitrogen and oxygen atoms in total. The second kappa shape index (κ2) is 9.01. The molecule has 6 heteroatoms. The minimum Gasteiger partial charge on any atom is -0.326 e. The van der Waals surface area contributed by atoms with Gasteiger partial charge in [0.25, 0.3) is 11.5 Å². The number of hydrogen-bond acceptors (Lipinski definition) is 3. The molecule has 2 amide bonds. The predicted molar refractivity (Wildman–Crippen MR) is 114 cm³/mol. The summed E-state index contributed by atoms with van der Waals surface area (Å²) in [6.45, 7) is 3.81. The van der Waals surface area contributed by atoms with Gasteiger partial charge in [-0.1, -0.05) is 43.3 Å². The lowest BCUT2D eigenvalue weighted by Crippen LogP contribution is -2.22. The lowest BCUT2D eigenvalue weighted by Gasteiger charge is -2.13. The molecule has 3 rings (SSSR count). The van der Waals surface area contributed by atoms with E-state index in [2.05, 4.69) is 10.6 Å². The topological polar surface area (TPSA) is 80.2 Å². The third-order valence-electron chi connectivity index (χ3n) is 4.50. The van der Waals surface area contributed by atoms with Crippen LogP contribution in [-0.2, 0) is 17.8 Å². The molecule has 0 radical (unpaired) electrons. The quantitative estimate of drug-likeness (QED) is 0.675. The molecule has 148 valence electrons. The molecule has 2 N–H and O–H groups in total. The van der Waals surface area contributed by atoms with Crippen LogP contribution >= 0.6 is 0 Å². The molecule has 1 heterocycles. The summed E-state index contributed by atoms with van der Waals surface area (Å²) in [5, 5.41) is 5.61. The zero-order chi connectivity index (χ0) is 20.8. The van der Waals surface area contributed by atoms with Crippen LogP contribution < -0.4 is 16.2 Å². The van der Waals surface area contributed by atoms with Gasteiger partial charge in [-0.15, -0.1) is 0 Å². The number of amides is 2. The standard InChI is InChI=1S/C23H23N3O3/c1-3-18-9-11-20(24-16(2)27)13-21(18)25-23(29)19-10-12-22(28)26(15-19)14-17-7-5-4-6-8-17/h4-13,15H,3,14H2,1-2H3,(H,24,27)(H,25,29). The van der Waals surface area contributed by atoms with E-state index in [-0.39, 0.29) is 17.4 Å². The highest BCUT2D eigenvalue weighted by Crippen LogP contribution is 2.22. The summed E-state index contributed by atoms with van der Waals surface area (Å²) in [5.41, 5.74) is 3.37. The van der Waals surface area contributed by atoms with Gasteiger partial charge in [-0.05, 0) is 35.7 Å². The molecule has 0 atom stereocenters. The molecule has 0 saturated carbocycles. The Morgan fingerprint density at radius 1 is 0.966 bits per heavy atom. The minimum atomic E-state index is -0.318. The van der Waals surface area contributed by atoms with E-state index in [9.17, 15) is 14.4 Å². The number of nitrogens with one attached hydrogen (secondary N) is 2. The van der Waals surface area contributed by atoms with E-state index in [0.717, 1.165) is 17.5 Å².